The van der Waals surface area contributed by atoms with Gasteiger partial charge in [0.2, 0.25) is 0 Å². The van der Waals surface area contributed by atoms with Crippen molar-refractivity contribution in [2.45, 2.75) is 25.7 Å². The van der Waals surface area contributed by atoms with E-state index in [0.29, 0.717) is 12.4 Å². The molecule has 0 atom stereocenters. The van der Waals surface area contributed by atoms with Gasteiger partial charge in [0.15, 0.2) is 0 Å². The first-order valence-corrected chi connectivity index (χ1v) is 6.44. The van der Waals surface area contributed by atoms with Gasteiger partial charge in [0, 0.05) is 6.07 Å². The molecule has 0 fully saturated rings. The molecule has 0 bridgehead atoms. The van der Waals surface area contributed by atoms with E-state index in [0.717, 1.165) is 25.0 Å². The highest BCUT2D eigenvalue weighted by atomic mass is 35.5. The summed E-state index contributed by atoms with van der Waals surface area (Å²) < 4.78 is 18.4. The zero-order chi connectivity index (χ0) is 11.8. The summed E-state index contributed by atoms with van der Waals surface area (Å²) in [5.74, 6) is 1.04. The third-order valence-electron chi connectivity index (χ3n) is 2.21. The fourth-order valence-electron chi connectivity index (χ4n) is 1.32. The van der Waals surface area contributed by atoms with Crippen LogP contribution >= 0.6 is 24.2 Å². The van der Waals surface area contributed by atoms with Gasteiger partial charge in [-0.1, -0.05) is 24.4 Å². The second-order valence-electron chi connectivity index (χ2n) is 3.56. The quantitative estimate of drug-likeness (QED) is 0.568. The number of hydrogen-bond acceptors (Lipinski definition) is 2. The van der Waals surface area contributed by atoms with Crippen molar-refractivity contribution in [1.82, 2.24) is 0 Å². The van der Waals surface area contributed by atoms with E-state index in [2.05, 4.69) is 12.6 Å². The number of hydrogen-bond donors (Lipinski definition) is 1. The molecule has 4 heteroatoms. The fraction of sp³-hybridized carbons (Fsp3) is 0.500. The Balaban J connectivity index is 2.19. The zero-order valence-corrected chi connectivity index (χ0v) is 10.7. The third-order valence-corrected chi connectivity index (χ3v) is 2.83. The van der Waals surface area contributed by atoms with Crippen molar-refractivity contribution in [3.8, 4) is 5.75 Å². The lowest BCUT2D eigenvalue weighted by atomic mass is 10.2. The number of rotatable bonds is 7. The van der Waals surface area contributed by atoms with Crippen LogP contribution < -0.4 is 4.74 Å². The molecular weight excluding hydrogens is 247 g/mol. The molecule has 0 aromatic heterocycles. The monoisotopic (exact) mass is 262 g/mol. The van der Waals surface area contributed by atoms with Crippen LogP contribution in [-0.2, 0) is 0 Å². The molecule has 0 N–H and O–H groups in total. The molecule has 1 aromatic rings. The van der Waals surface area contributed by atoms with E-state index < -0.39 is 5.82 Å². The summed E-state index contributed by atoms with van der Waals surface area (Å²) in [4.78, 5) is 0. The van der Waals surface area contributed by atoms with Crippen LogP contribution in [0.5, 0.6) is 5.75 Å². The highest BCUT2D eigenvalue weighted by Gasteiger charge is 2.01. The third kappa shape index (κ3) is 5.08. The van der Waals surface area contributed by atoms with Crippen LogP contribution in [0.25, 0.3) is 0 Å². The molecule has 90 valence electrons. The van der Waals surface area contributed by atoms with E-state index in [-0.39, 0.29) is 5.02 Å². The summed E-state index contributed by atoms with van der Waals surface area (Å²) in [6, 6.07) is 4.50. The van der Waals surface area contributed by atoms with Gasteiger partial charge in [0.05, 0.1) is 11.6 Å². The Morgan fingerprint density at radius 3 is 2.62 bits per heavy atom. The van der Waals surface area contributed by atoms with Crippen molar-refractivity contribution < 1.29 is 9.13 Å². The predicted molar refractivity (Wildman–Crippen MR) is 69.2 cm³/mol. The van der Waals surface area contributed by atoms with Crippen molar-refractivity contribution in [3.05, 3.63) is 29.0 Å². The van der Waals surface area contributed by atoms with Crippen molar-refractivity contribution in [2.24, 2.45) is 0 Å². The Hall–Kier alpha value is -0.410. The van der Waals surface area contributed by atoms with E-state index in [1.54, 1.807) is 6.07 Å². The van der Waals surface area contributed by atoms with Crippen LogP contribution in [0.4, 0.5) is 4.39 Å². The van der Waals surface area contributed by atoms with E-state index >= 15 is 0 Å². The average Bonchev–Trinajstić information content (AvgIpc) is 2.28. The summed E-state index contributed by atoms with van der Waals surface area (Å²) in [5.41, 5.74) is 0. The SMILES string of the molecule is Fc1cc(OCCCCCCS)ccc1Cl. The van der Waals surface area contributed by atoms with Gasteiger partial charge in [-0.25, -0.2) is 4.39 Å². The van der Waals surface area contributed by atoms with Crippen molar-refractivity contribution in [1.29, 1.82) is 0 Å². The molecule has 1 nitrogen and oxygen atoms in total. The van der Waals surface area contributed by atoms with Gasteiger partial charge >= 0.3 is 0 Å². The van der Waals surface area contributed by atoms with E-state index in [1.807, 2.05) is 0 Å². The van der Waals surface area contributed by atoms with Gasteiger partial charge in [-0.15, -0.1) is 0 Å². The van der Waals surface area contributed by atoms with Crippen molar-refractivity contribution in [3.63, 3.8) is 0 Å². The van der Waals surface area contributed by atoms with Crippen LogP contribution in [0.2, 0.25) is 5.02 Å². The summed E-state index contributed by atoms with van der Waals surface area (Å²) in [7, 11) is 0. The number of unbranched alkanes of at least 4 members (excludes halogenated alkanes) is 3. The Morgan fingerprint density at radius 2 is 1.94 bits per heavy atom. The number of benzene rings is 1. The molecule has 1 aromatic carbocycles. The van der Waals surface area contributed by atoms with Crippen LogP contribution in [0.3, 0.4) is 0 Å². The second-order valence-corrected chi connectivity index (χ2v) is 4.42. The topological polar surface area (TPSA) is 9.23 Å². The van der Waals surface area contributed by atoms with Crippen LogP contribution in [0, 0.1) is 5.82 Å². The first-order chi connectivity index (χ1) is 7.74. The highest BCUT2D eigenvalue weighted by Crippen LogP contribution is 2.20. The molecule has 0 saturated heterocycles. The van der Waals surface area contributed by atoms with Gasteiger partial charge in [0.25, 0.3) is 0 Å². The lowest BCUT2D eigenvalue weighted by Gasteiger charge is -2.06. The lowest BCUT2D eigenvalue weighted by Crippen LogP contribution is -1.97. The number of thiol groups is 1. The molecule has 0 aliphatic rings. The molecule has 0 radical (unpaired) electrons. The molecule has 0 saturated carbocycles. The maximum Gasteiger partial charge on any atom is 0.145 e. The molecular formula is C12H16ClFOS. The summed E-state index contributed by atoms with van der Waals surface area (Å²) >= 11 is 9.70. The molecule has 0 unspecified atom stereocenters. The zero-order valence-electron chi connectivity index (χ0n) is 9.09. The predicted octanol–water partition coefficient (Wildman–Crippen LogP) is 4.35. The Bertz CT molecular complexity index is 320. The van der Waals surface area contributed by atoms with Crippen molar-refractivity contribution in [2.75, 3.05) is 12.4 Å². The summed E-state index contributed by atoms with van der Waals surface area (Å²) in [6.45, 7) is 0.619. The minimum Gasteiger partial charge on any atom is -0.493 e. The Kier molecular flexibility index (Phi) is 6.65. The van der Waals surface area contributed by atoms with Crippen LogP contribution in [-0.4, -0.2) is 12.4 Å². The first kappa shape index (κ1) is 13.7. The van der Waals surface area contributed by atoms with Gasteiger partial charge in [-0.2, -0.15) is 12.6 Å². The number of ether oxygens (including phenoxy) is 1. The van der Waals surface area contributed by atoms with Crippen LogP contribution in [0.1, 0.15) is 25.7 Å². The molecule has 16 heavy (non-hydrogen) atoms. The lowest BCUT2D eigenvalue weighted by molar-refractivity contribution is 0.303. The van der Waals surface area contributed by atoms with E-state index in [4.69, 9.17) is 16.3 Å². The molecule has 0 spiro atoms. The Labute approximate surface area is 106 Å². The molecule has 0 amide bonds. The highest BCUT2D eigenvalue weighted by molar-refractivity contribution is 7.80. The van der Waals surface area contributed by atoms with Gasteiger partial charge in [-0.3, -0.25) is 0 Å². The fourth-order valence-corrected chi connectivity index (χ4v) is 1.67. The second kappa shape index (κ2) is 7.80. The summed E-state index contributed by atoms with van der Waals surface area (Å²) in [5, 5.41) is 0.126. The van der Waals surface area contributed by atoms with E-state index in [1.165, 1.54) is 18.6 Å². The first-order valence-electron chi connectivity index (χ1n) is 5.43. The largest absolute Gasteiger partial charge is 0.493 e. The maximum absolute atomic E-state index is 13.0. The van der Waals surface area contributed by atoms with E-state index in [9.17, 15) is 4.39 Å². The minimum atomic E-state index is -0.436. The normalized spacial score (nSPS) is 10.4. The standard InChI is InChI=1S/C12H16ClFOS/c13-11-6-5-10(9-12(11)14)15-7-3-1-2-4-8-16/h5-6,9,16H,1-4,7-8H2. The Morgan fingerprint density at radius 1 is 1.19 bits per heavy atom. The molecule has 0 aliphatic heterocycles. The molecule has 0 aliphatic carbocycles. The summed E-state index contributed by atoms with van der Waals surface area (Å²) in [6.07, 6.45) is 4.41. The van der Waals surface area contributed by atoms with Gasteiger partial charge in [-0.05, 0) is 30.7 Å². The maximum atomic E-state index is 13.0. The van der Waals surface area contributed by atoms with Gasteiger partial charge in [0.1, 0.15) is 11.6 Å². The number of halogens is 2. The van der Waals surface area contributed by atoms with Crippen LogP contribution in [0.15, 0.2) is 18.2 Å². The minimum absolute atomic E-state index is 0.126. The smallest absolute Gasteiger partial charge is 0.145 e. The van der Waals surface area contributed by atoms with Crippen molar-refractivity contribution >= 4 is 24.2 Å². The van der Waals surface area contributed by atoms with Gasteiger partial charge < -0.3 is 4.74 Å². The molecule has 0 heterocycles. The molecule has 1 rings (SSSR count). The average molecular weight is 263 g/mol.